The third-order valence-electron chi connectivity index (χ3n) is 4.33. The highest BCUT2D eigenvalue weighted by atomic mass is 19.4. The second kappa shape index (κ2) is 9.61. The average molecular weight is 465 g/mol. The number of anilines is 1. The number of nitrogens with one attached hydrogen (secondary N) is 1. The van der Waals surface area contributed by atoms with E-state index < -0.39 is 47.4 Å². The van der Waals surface area contributed by atoms with Crippen LogP contribution in [-0.4, -0.2) is 35.0 Å². The smallest absolute Gasteiger partial charge is 0.360 e. The first-order valence-corrected chi connectivity index (χ1v) is 9.48. The second-order valence-electron chi connectivity index (χ2n) is 7.57. The Balaban J connectivity index is 2.36. The Morgan fingerprint density at radius 3 is 2.03 bits per heavy atom. The third kappa shape index (κ3) is 6.99. The van der Waals surface area contributed by atoms with Crippen molar-refractivity contribution in [1.82, 2.24) is 10.1 Å². The molecule has 2 aromatic rings. The highest BCUT2D eigenvalue weighted by molar-refractivity contribution is 5.99. The molecule has 0 aliphatic carbocycles. The van der Waals surface area contributed by atoms with E-state index in [1.54, 1.807) is 6.92 Å². The molecule has 32 heavy (non-hydrogen) atoms. The maximum Gasteiger partial charge on any atom is 0.416 e. The van der Waals surface area contributed by atoms with Crippen molar-refractivity contribution in [2.24, 2.45) is 5.92 Å². The Kier molecular flexibility index (Phi) is 7.58. The van der Waals surface area contributed by atoms with Gasteiger partial charge in [-0.1, -0.05) is 19.0 Å². The highest BCUT2D eigenvalue weighted by Crippen LogP contribution is 2.36. The van der Waals surface area contributed by atoms with Crippen LogP contribution in [0.3, 0.4) is 0 Å². The molecule has 2 amide bonds. The van der Waals surface area contributed by atoms with Gasteiger partial charge in [0.2, 0.25) is 5.91 Å². The summed E-state index contributed by atoms with van der Waals surface area (Å²) >= 11 is 0. The van der Waals surface area contributed by atoms with Crippen molar-refractivity contribution in [2.75, 3.05) is 18.4 Å². The summed E-state index contributed by atoms with van der Waals surface area (Å²) in [5, 5.41) is 5.92. The van der Waals surface area contributed by atoms with Gasteiger partial charge in [-0.3, -0.25) is 9.59 Å². The number of carbonyl (C=O) groups excluding carboxylic acids is 2. The molecule has 2 rings (SSSR count). The predicted octanol–water partition coefficient (Wildman–Crippen LogP) is 5.15. The number of hydrogen-bond donors (Lipinski definition) is 1. The molecule has 0 fully saturated rings. The Morgan fingerprint density at radius 2 is 1.59 bits per heavy atom. The normalized spacial score (nSPS) is 12.2. The largest absolute Gasteiger partial charge is 0.416 e. The van der Waals surface area contributed by atoms with Crippen LogP contribution in [0.2, 0.25) is 0 Å². The van der Waals surface area contributed by atoms with Crippen molar-refractivity contribution in [3.05, 3.63) is 46.7 Å². The lowest BCUT2D eigenvalue weighted by molar-refractivity contribution is -0.143. The van der Waals surface area contributed by atoms with Gasteiger partial charge in [-0.15, -0.1) is 0 Å². The molecule has 0 aliphatic rings. The number of benzene rings is 1. The number of carbonyl (C=O) groups is 2. The minimum atomic E-state index is -5.10. The zero-order chi connectivity index (χ0) is 24.3. The first-order chi connectivity index (χ1) is 14.7. The molecule has 0 spiro atoms. The summed E-state index contributed by atoms with van der Waals surface area (Å²) in [5.74, 6) is -1.36. The van der Waals surface area contributed by atoms with Gasteiger partial charge in [0.15, 0.2) is 5.82 Å². The number of aromatic nitrogens is 1. The fraction of sp³-hybridized carbons (Fsp3) is 0.450. The summed E-state index contributed by atoms with van der Waals surface area (Å²) in [6.45, 7) is 4.54. The van der Waals surface area contributed by atoms with Gasteiger partial charge in [0.05, 0.1) is 11.1 Å². The Hall–Kier alpha value is -3.05. The van der Waals surface area contributed by atoms with Gasteiger partial charge < -0.3 is 14.7 Å². The predicted molar refractivity (Wildman–Crippen MR) is 102 cm³/mol. The van der Waals surface area contributed by atoms with Crippen molar-refractivity contribution in [3.63, 3.8) is 0 Å². The average Bonchev–Trinajstić information content (AvgIpc) is 3.07. The van der Waals surface area contributed by atoms with Crippen LogP contribution in [0, 0.1) is 12.8 Å². The van der Waals surface area contributed by atoms with Crippen molar-refractivity contribution in [3.8, 4) is 0 Å². The molecule has 1 N–H and O–H groups in total. The van der Waals surface area contributed by atoms with Gasteiger partial charge in [-0.05, 0) is 37.5 Å². The maximum absolute atomic E-state index is 13.1. The van der Waals surface area contributed by atoms with E-state index in [-0.39, 0.29) is 24.3 Å². The van der Waals surface area contributed by atoms with Crippen LogP contribution in [0.4, 0.5) is 32.2 Å². The highest BCUT2D eigenvalue weighted by Gasteiger charge is 2.38. The molecule has 0 radical (unpaired) electrons. The van der Waals surface area contributed by atoms with Gasteiger partial charge in [0.1, 0.15) is 12.3 Å². The summed E-state index contributed by atoms with van der Waals surface area (Å²) in [7, 11) is 0. The summed E-state index contributed by atoms with van der Waals surface area (Å²) in [4.78, 5) is 26.1. The van der Waals surface area contributed by atoms with Crippen molar-refractivity contribution >= 4 is 17.6 Å². The van der Waals surface area contributed by atoms with Gasteiger partial charge in [0, 0.05) is 18.2 Å². The molecule has 0 saturated heterocycles. The van der Waals surface area contributed by atoms with Crippen molar-refractivity contribution < 1.29 is 40.5 Å². The minimum Gasteiger partial charge on any atom is -0.360 e. The lowest BCUT2D eigenvalue weighted by atomic mass is 10.0. The summed E-state index contributed by atoms with van der Waals surface area (Å²) in [6, 6.07) is 2.03. The Bertz CT molecular complexity index is 934. The second-order valence-corrected chi connectivity index (χ2v) is 7.57. The van der Waals surface area contributed by atoms with Gasteiger partial charge >= 0.3 is 12.4 Å². The number of amides is 2. The first-order valence-electron chi connectivity index (χ1n) is 9.48. The van der Waals surface area contributed by atoms with Crippen LogP contribution in [0.15, 0.2) is 28.8 Å². The van der Waals surface area contributed by atoms with E-state index in [1.165, 1.54) is 6.07 Å². The minimum absolute atomic E-state index is 0.0544. The van der Waals surface area contributed by atoms with E-state index in [4.69, 9.17) is 4.52 Å². The van der Waals surface area contributed by atoms with Crippen LogP contribution in [0.25, 0.3) is 0 Å². The van der Waals surface area contributed by atoms with E-state index in [9.17, 15) is 35.9 Å². The monoisotopic (exact) mass is 465 g/mol. The number of alkyl halides is 6. The van der Waals surface area contributed by atoms with Crippen LogP contribution in [0.5, 0.6) is 0 Å². The molecule has 1 aromatic carbocycles. The molecule has 0 aliphatic heterocycles. The van der Waals surface area contributed by atoms with Crippen LogP contribution in [-0.2, 0) is 17.1 Å². The van der Waals surface area contributed by atoms with Gasteiger partial charge in [0.25, 0.3) is 5.91 Å². The number of nitrogens with zero attached hydrogens (tertiary/aromatic N) is 2. The molecule has 0 bridgehead atoms. The maximum atomic E-state index is 13.1. The van der Waals surface area contributed by atoms with Crippen LogP contribution >= 0.6 is 0 Å². The van der Waals surface area contributed by atoms with E-state index in [1.807, 2.05) is 13.8 Å². The SMILES string of the molecule is Cc1cc(NC(=O)CN(CCC(C)C)C(=O)c2cc(C(F)(F)F)cc(C(F)(F)F)c2)no1. The summed E-state index contributed by atoms with van der Waals surface area (Å²) in [5.41, 5.74) is -4.04. The Morgan fingerprint density at radius 1 is 1.03 bits per heavy atom. The molecular weight excluding hydrogens is 444 g/mol. The third-order valence-corrected chi connectivity index (χ3v) is 4.33. The molecule has 6 nitrogen and oxygen atoms in total. The molecular formula is C20H21F6N3O3. The molecule has 1 aromatic heterocycles. The van der Waals surface area contributed by atoms with Gasteiger partial charge in [-0.25, -0.2) is 0 Å². The van der Waals surface area contributed by atoms with Crippen LogP contribution < -0.4 is 5.32 Å². The number of halogens is 6. The first kappa shape index (κ1) is 25.2. The van der Waals surface area contributed by atoms with E-state index >= 15 is 0 Å². The number of hydrogen-bond acceptors (Lipinski definition) is 4. The molecule has 12 heteroatoms. The standard InChI is InChI=1S/C20H21F6N3O3/c1-11(2)4-5-29(10-17(30)27-16-6-12(3)32-28-16)18(31)13-7-14(19(21,22)23)9-15(8-13)20(24,25)26/h6-9,11H,4-5,10H2,1-3H3,(H,27,28,30). The van der Waals surface area contributed by atoms with Crippen LogP contribution in [0.1, 0.15) is 47.5 Å². The molecule has 176 valence electrons. The van der Waals surface area contributed by atoms with E-state index in [0.29, 0.717) is 24.3 Å². The van der Waals surface area contributed by atoms with E-state index in [0.717, 1.165) is 4.90 Å². The lowest BCUT2D eigenvalue weighted by Gasteiger charge is -2.24. The lowest BCUT2D eigenvalue weighted by Crippen LogP contribution is -2.39. The van der Waals surface area contributed by atoms with Crippen molar-refractivity contribution in [2.45, 2.75) is 39.5 Å². The van der Waals surface area contributed by atoms with Crippen molar-refractivity contribution in [1.29, 1.82) is 0 Å². The molecule has 0 unspecified atom stereocenters. The zero-order valence-electron chi connectivity index (χ0n) is 17.4. The quantitative estimate of drug-likeness (QED) is 0.574. The number of aryl methyl sites for hydroxylation is 1. The fourth-order valence-corrected chi connectivity index (χ4v) is 2.71. The summed E-state index contributed by atoms with van der Waals surface area (Å²) < 4.78 is 83.6. The van der Waals surface area contributed by atoms with Gasteiger partial charge in [-0.2, -0.15) is 26.3 Å². The zero-order valence-corrected chi connectivity index (χ0v) is 17.4. The summed E-state index contributed by atoms with van der Waals surface area (Å²) in [6.07, 6.45) is -9.82. The fourth-order valence-electron chi connectivity index (χ4n) is 2.71. The molecule has 0 saturated carbocycles. The number of rotatable bonds is 7. The van der Waals surface area contributed by atoms with E-state index in [2.05, 4.69) is 10.5 Å². The molecule has 1 heterocycles. The molecule has 0 atom stereocenters. The Labute approximate surface area is 179 Å². The topological polar surface area (TPSA) is 75.4 Å².